The van der Waals surface area contributed by atoms with Crippen LogP contribution in [0.25, 0.3) is 10.8 Å². The number of fused-ring (bicyclic) bond motifs is 1. The number of thiazole rings is 1. The Bertz CT molecular complexity index is 1170. The van der Waals surface area contributed by atoms with Gasteiger partial charge in [0.1, 0.15) is 0 Å². The van der Waals surface area contributed by atoms with Gasteiger partial charge in [-0.3, -0.25) is 14.9 Å². The van der Waals surface area contributed by atoms with E-state index < -0.39 is 0 Å². The molecule has 2 N–H and O–H groups in total. The molecule has 146 valence electrons. The number of hydrogen-bond acceptors (Lipinski definition) is 5. The van der Waals surface area contributed by atoms with Gasteiger partial charge in [-0.05, 0) is 47.5 Å². The summed E-state index contributed by atoms with van der Waals surface area (Å²) in [7, 11) is 0. The van der Waals surface area contributed by atoms with Gasteiger partial charge in [-0.1, -0.05) is 34.1 Å². The largest absolute Gasteiger partial charge is 0.459 e. The monoisotopic (exact) mass is 469 g/mol. The summed E-state index contributed by atoms with van der Waals surface area (Å²) in [5, 5.41) is 10.1. The van der Waals surface area contributed by atoms with Crippen LogP contribution in [0.2, 0.25) is 0 Å². The van der Waals surface area contributed by atoms with E-state index in [0.717, 1.165) is 26.6 Å². The second-order valence-corrected chi connectivity index (χ2v) is 8.01. The fraction of sp³-hybridized carbons (Fsp3) is 0.0952. The predicted octanol–water partition coefficient (Wildman–Crippen LogP) is 5.48. The van der Waals surface area contributed by atoms with Gasteiger partial charge in [0.2, 0.25) is 5.91 Å². The summed E-state index contributed by atoms with van der Waals surface area (Å²) in [5.74, 6) is -0.214. The van der Waals surface area contributed by atoms with Gasteiger partial charge in [0, 0.05) is 22.0 Å². The summed E-state index contributed by atoms with van der Waals surface area (Å²) in [6.07, 6.45) is 2.22. The Morgan fingerprint density at radius 2 is 2.00 bits per heavy atom. The molecule has 2 amide bonds. The van der Waals surface area contributed by atoms with Crippen molar-refractivity contribution in [3.63, 3.8) is 0 Å². The zero-order chi connectivity index (χ0) is 20.2. The molecule has 4 aromatic rings. The highest BCUT2D eigenvalue weighted by atomic mass is 79.9. The number of aromatic nitrogens is 1. The number of nitrogens with zero attached hydrogens (tertiary/aromatic N) is 1. The number of anilines is 2. The minimum atomic E-state index is -0.350. The van der Waals surface area contributed by atoms with Gasteiger partial charge in [0.25, 0.3) is 5.91 Å². The molecule has 0 atom stereocenters. The third kappa shape index (κ3) is 4.72. The highest BCUT2D eigenvalue weighted by Crippen LogP contribution is 2.26. The van der Waals surface area contributed by atoms with Gasteiger partial charge >= 0.3 is 0 Å². The molecule has 0 saturated heterocycles. The van der Waals surface area contributed by atoms with Crippen molar-refractivity contribution in [3.05, 3.63) is 76.1 Å². The highest BCUT2D eigenvalue weighted by molar-refractivity contribution is 9.10. The molecule has 4 rings (SSSR count). The number of benzene rings is 2. The minimum absolute atomic E-state index is 0.0893. The third-order valence-electron chi connectivity index (χ3n) is 4.24. The van der Waals surface area contributed by atoms with E-state index in [1.807, 2.05) is 41.8 Å². The lowest BCUT2D eigenvalue weighted by molar-refractivity contribution is -0.116. The van der Waals surface area contributed by atoms with E-state index in [1.165, 1.54) is 17.6 Å². The maximum absolute atomic E-state index is 12.3. The summed E-state index contributed by atoms with van der Waals surface area (Å²) >= 11 is 4.84. The SMILES string of the molecule is O=C(CCc1csc(NC(=O)c2ccco2)n1)Nc1ccc2c(Br)cccc2c1. The first-order chi connectivity index (χ1) is 14.1. The Kier molecular flexibility index (Phi) is 5.73. The van der Waals surface area contributed by atoms with E-state index in [-0.39, 0.29) is 17.6 Å². The van der Waals surface area contributed by atoms with E-state index in [2.05, 4.69) is 31.5 Å². The van der Waals surface area contributed by atoms with Crippen LogP contribution in [0, 0.1) is 0 Å². The van der Waals surface area contributed by atoms with Crippen LogP contribution in [-0.2, 0) is 11.2 Å². The van der Waals surface area contributed by atoms with Crippen molar-refractivity contribution < 1.29 is 14.0 Å². The number of halogens is 1. The molecule has 0 aliphatic heterocycles. The number of aryl methyl sites for hydroxylation is 1. The lowest BCUT2D eigenvalue weighted by atomic mass is 10.1. The number of carbonyl (C=O) groups is 2. The van der Waals surface area contributed by atoms with Crippen LogP contribution in [0.4, 0.5) is 10.8 Å². The molecule has 0 saturated carbocycles. The topological polar surface area (TPSA) is 84.2 Å². The molecule has 0 bridgehead atoms. The molecule has 0 fully saturated rings. The fourth-order valence-electron chi connectivity index (χ4n) is 2.83. The number of furan rings is 1. The van der Waals surface area contributed by atoms with E-state index in [4.69, 9.17) is 4.42 Å². The maximum atomic E-state index is 12.3. The molecule has 2 aromatic heterocycles. The Morgan fingerprint density at radius 1 is 1.10 bits per heavy atom. The first kappa shape index (κ1) is 19.4. The molecule has 0 unspecified atom stereocenters. The van der Waals surface area contributed by atoms with Crippen molar-refractivity contribution in [3.8, 4) is 0 Å². The first-order valence-corrected chi connectivity index (χ1v) is 10.5. The van der Waals surface area contributed by atoms with Crippen molar-refractivity contribution in [2.45, 2.75) is 12.8 Å². The lowest BCUT2D eigenvalue weighted by Gasteiger charge is -2.07. The fourth-order valence-corrected chi connectivity index (χ4v) is 4.09. The minimum Gasteiger partial charge on any atom is -0.459 e. The van der Waals surface area contributed by atoms with E-state index in [1.54, 1.807) is 12.1 Å². The molecular weight excluding hydrogens is 454 g/mol. The summed E-state index contributed by atoms with van der Waals surface area (Å²) in [6.45, 7) is 0. The molecule has 0 aliphatic rings. The van der Waals surface area contributed by atoms with Gasteiger partial charge in [-0.15, -0.1) is 11.3 Å². The molecule has 2 aromatic carbocycles. The summed E-state index contributed by atoms with van der Waals surface area (Å²) < 4.78 is 6.07. The molecule has 29 heavy (non-hydrogen) atoms. The van der Waals surface area contributed by atoms with Gasteiger partial charge in [-0.2, -0.15) is 0 Å². The van der Waals surface area contributed by atoms with Gasteiger partial charge in [0.05, 0.1) is 12.0 Å². The Hall–Kier alpha value is -2.97. The molecule has 0 aliphatic carbocycles. The van der Waals surface area contributed by atoms with Crippen LogP contribution in [0.3, 0.4) is 0 Å². The van der Waals surface area contributed by atoms with Crippen molar-refractivity contribution >= 4 is 60.7 Å². The van der Waals surface area contributed by atoms with Crippen LogP contribution in [0.5, 0.6) is 0 Å². The van der Waals surface area contributed by atoms with Crippen molar-refractivity contribution in [2.75, 3.05) is 10.6 Å². The molecular formula is C21H16BrN3O3S. The first-order valence-electron chi connectivity index (χ1n) is 8.86. The Labute approximate surface area is 179 Å². The number of hydrogen-bond donors (Lipinski definition) is 2. The third-order valence-corrected chi connectivity index (χ3v) is 5.73. The normalized spacial score (nSPS) is 10.8. The zero-order valence-corrected chi connectivity index (χ0v) is 17.5. The highest BCUT2D eigenvalue weighted by Gasteiger charge is 2.12. The molecule has 0 radical (unpaired) electrons. The summed E-state index contributed by atoms with van der Waals surface area (Å²) in [6, 6.07) is 15.0. The average molecular weight is 470 g/mol. The van der Waals surface area contributed by atoms with Gasteiger partial charge in [0.15, 0.2) is 10.9 Å². The summed E-state index contributed by atoms with van der Waals surface area (Å²) in [4.78, 5) is 28.6. The Balaban J connectivity index is 1.32. The number of amides is 2. The molecule has 0 spiro atoms. The number of rotatable bonds is 6. The standard InChI is InChI=1S/C21H16BrN3O3S/c22-17-4-1-3-13-11-14(6-8-16(13)17)23-19(26)9-7-15-12-29-21(24-15)25-20(27)18-5-2-10-28-18/h1-6,8,10-12H,7,9H2,(H,23,26)(H,24,25,27). The second-order valence-electron chi connectivity index (χ2n) is 6.30. The van der Waals surface area contributed by atoms with Crippen LogP contribution in [0.15, 0.2) is 69.1 Å². The van der Waals surface area contributed by atoms with E-state index >= 15 is 0 Å². The van der Waals surface area contributed by atoms with Crippen LogP contribution >= 0.6 is 27.3 Å². The van der Waals surface area contributed by atoms with Crippen LogP contribution in [-0.4, -0.2) is 16.8 Å². The van der Waals surface area contributed by atoms with Crippen molar-refractivity contribution in [2.24, 2.45) is 0 Å². The van der Waals surface area contributed by atoms with Crippen molar-refractivity contribution in [1.29, 1.82) is 0 Å². The predicted molar refractivity (Wildman–Crippen MR) is 117 cm³/mol. The van der Waals surface area contributed by atoms with E-state index in [0.29, 0.717) is 18.0 Å². The summed E-state index contributed by atoms with van der Waals surface area (Å²) in [5.41, 5.74) is 1.51. The maximum Gasteiger partial charge on any atom is 0.293 e. The van der Waals surface area contributed by atoms with Gasteiger partial charge in [-0.25, -0.2) is 4.98 Å². The number of carbonyl (C=O) groups excluding carboxylic acids is 2. The van der Waals surface area contributed by atoms with Gasteiger partial charge < -0.3 is 9.73 Å². The Morgan fingerprint density at radius 3 is 2.83 bits per heavy atom. The zero-order valence-electron chi connectivity index (χ0n) is 15.1. The molecule has 2 heterocycles. The second kappa shape index (κ2) is 8.59. The van der Waals surface area contributed by atoms with Crippen LogP contribution in [0.1, 0.15) is 22.7 Å². The molecule has 6 nitrogen and oxygen atoms in total. The average Bonchev–Trinajstić information content (AvgIpc) is 3.39. The van der Waals surface area contributed by atoms with Crippen molar-refractivity contribution in [1.82, 2.24) is 4.98 Å². The number of nitrogens with one attached hydrogen (secondary N) is 2. The lowest BCUT2D eigenvalue weighted by Crippen LogP contribution is -2.13. The quantitative estimate of drug-likeness (QED) is 0.391. The smallest absolute Gasteiger partial charge is 0.293 e. The van der Waals surface area contributed by atoms with Crippen LogP contribution < -0.4 is 10.6 Å². The molecule has 8 heteroatoms. The van der Waals surface area contributed by atoms with E-state index in [9.17, 15) is 9.59 Å².